The fraction of sp³-hybridized carbons (Fsp3) is 0.980. The Morgan fingerprint density at radius 2 is 0.817 bits per heavy atom. The van der Waals surface area contributed by atoms with E-state index in [0.717, 1.165) is 32.1 Å². The van der Waals surface area contributed by atoms with Gasteiger partial charge in [-0.05, 0) is 12.8 Å². The lowest BCUT2D eigenvalue weighted by atomic mass is 9.99. The number of hydrogen-bond donors (Lipinski definition) is 4. The Morgan fingerprint density at radius 3 is 1.18 bits per heavy atom. The number of carbonyl (C=O) groups is 1. The highest BCUT2D eigenvalue weighted by atomic mass is 16.7. The van der Waals surface area contributed by atoms with Crippen molar-refractivity contribution in [2.45, 2.75) is 295 Å². The lowest BCUT2D eigenvalue weighted by Crippen LogP contribution is -2.59. The number of aliphatic hydroxyl groups excluding tert-OH is 4. The van der Waals surface area contributed by atoms with Gasteiger partial charge in [0.15, 0.2) is 6.29 Å². The van der Waals surface area contributed by atoms with Crippen LogP contribution in [0.1, 0.15) is 258 Å². The van der Waals surface area contributed by atoms with E-state index in [9.17, 15) is 25.2 Å². The van der Waals surface area contributed by atoms with Gasteiger partial charge in [-0.1, -0.05) is 239 Å². The quantitative estimate of drug-likeness (QED) is 0.0348. The summed E-state index contributed by atoms with van der Waals surface area (Å²) in [6.45, 7) is 4.62. The van der Waals surface area contributed by atoms with Crippen molar-refractivity contribution in [1.29, 1.82) is 0 Å². The van der Waals surface area contributed by atoms with Gasteiger partial charge in [-0.15, -0.1) is 0 Å². The second-order valence-corrected chi connectivity index (χ2v) is 18.3. The average Bonchev–Trinajstić information content (AvgIpc) is 3.25. The van der Waals surface area contributed by atoms with Crippen LogP contribution in [0.2, 0.25) is 0 Å². The third kappa shape index (κ3) is 33.7. The van der Waals surface area contributed by atoms with Crippen LogP contribution in [0.3, 0.4) is 0 Å². The molecule has 9 heteroatoms. The maximum absolute atomic E-state index is 12.8. The SMILES string of the molecule is CCCCCCCCCCCCCCCCCCCCCCCCCCOCC(COC1OC(CO)C(O)C(O)C1O)OC(=O)CCCCCCCCCCCCCCC. The molecule has 6 unspecified atom stereocenters. The molecule has 4 N–H and O–H groups in total. The number of esters is 1. The van der Waals surface area contributed by atoms with Gasteiger partial charge in [-0.2, -0.15) is 0 Å². The zero-order chi connectivity index (χ0) is 43.6. The zero-order valence-electron chi connectivity index (χ0n) is 39.5. The first-order chi connectivity index (χ1) is 29.4. The fourth-order valence-electron chi connectivity index (χ4n) is 8.44. The number of ether oxygens (including phenoxy) is 4. The molecule has 1 saturated heterocycles. The third-order valence-electron chi connectivity index (χ3n) is 12.5. The van der Waals surface area contributed by atoms with Crippen molar-refractivity contribution in [3.05, 3.63) is 0 Å². The van der Waals surface area contributed by atoms with Gasteiger partial charge in [-0.25, -0.2) is 0 Å². The monoisotopic (exact) mass is 857 g/mol. The summed E-state index contributed by atoms with van der Waals surface area (Å²) < 4.78 is 22.9. The van der Waals surface area contributed by atoms with Crippen molar-refractivity contribution in [3.63, 3.8) is 0 Å². The molecule has 0 bridgehead atoms. The maximum Gasteiger partial charge on any atom is 0.306 e. The molecular weight excluding hydrogens is 757 g/mol. The van der Waals surface area contributed by atoms with Crippen LogP contribution in [0.15, 0.2) is 0 Å². The number of carbonyl (C=O) groups excluding carboxylic acids is 1. The van der Waals surface area contributed by atoms with Crippen LogP contribution in [0.4, 0.5) is 0 Å². The molecule has 0 amide bonds. The minimum atomic E-state index is -1.53. The molecule has 1 fully saturated rings. The van der Waals surface area contributed by atoms with Crippen LogP contribution >= 0.6 is 0 Å². The van der Waals surface area contributed by atoms with E-state index in [1.165, 1.54) is 205 Å². The predicted molar refractivity (Wildman–Crippen MR) is 247 cm³/mol. The summed E-state index contributed by atoms with van der Waals surface area (Å²) in [5, 5.41) is 40.2. The van der Waals surface area contributed by atoms with E-state index in [4.69, 9.17) is 18.9 Å². The molecule has 0 radical (unpaired) electrons. The van der Waals surface area contributed by atoms with Crippen LogP contribution in [0, 0.1) is 0 Å². The van der Waals surface area contributed by atoms with E-state index in [-0.39, 0.29) is 19.2 Å². The van der Waals surface area contributed by atoms with Crippen LogP contribution in [0.25, 0.3) is 0 Å². The summed E-state index contributed by atoms with van der Waals surface area (Å²) in [5.41, 5.74) is 0. The molecular formula is C51H100O9. The Hall–Kier alpha value is -0.810. The second kappa shape index (κ2) is 43.4. The zero-order valence-corrected chi connectivity index (χ0v) is 39.5. The molecule has 0 spiro atoms. The molecule has 6 atom stereocenters. The van der Waals surface area contributed by atoms with Gasteiger partial charge in [0.1, 0.15) is 30.5 Å². The van der Waals surface area contributed by atoms with E-state index in [1.807, 2.05) is 0 Å². The molecule has 0 aromatic rings. The molecule has 358 valence electrons. The third-order valence-corrected chi connectivity index (χ3v) is 12.5. The molecule has 1 rings (SSSR count). The Bertz CT molecular complexity index is 889. The summed E-state index contributed by atoms with van der Waals surface area (Å²) in [4.78, 5) is 12.8. The van der Waals surface area contributed by atoms with Crippen molar-refractivity contribution in [2.75, 3.05) is 26.4 Å². The normalized spacial score (nSPS) is 19.9. The van der Waals surface area contributed by atoms with E-state index >= 15 is 0 Å². The number of rotatable bonds is 46. The first-order valence-electron chi connectivity index (χ1n) is 26.1. The Morgan fingerprint density at radius 1 is 0.467 bits per heavy atom. The summed E-state index contributed by atoms with van der Waals surface area (Å²) in [6.07, 6.45) is 41.5. The van der Waals surface area contributed by atoms with Crippen molar-refractivity contribution in [3.8, 4) is 0 Å². The summed E-state index contributed by atoms with van der Waals surface area (Å²) in [7, 11) is 0. The molecule has 0 aliphatic carbocycles. The van der Waals surface area contributed by atoms with E-state index in [2.05, 4.69) is 13.8 Å². The minimum Gasteiger partial charge on any atom is -0.457 e. The standard InChI is InChI=1S/C51H100O9/c1-3-5-7-9-11-13-15-17-18-19-20-21-22-23-24-25-26-27-29-31-33-35-37-39-41-57-43-45(44-58-51-50(56)49(55)48(54)46(42-52)60-51)59-47(53)40-38-36-34-32-30-28-16-14-12-10-8-6-4-2/h45-46,48-52,54-56H,3-44H2,1-2H3. The first kappa shape index (κ1) is 57.2. The van der Waals surface area contributed by atoms with Crippen LogP contribution in [-0.4, -0.2) is 89.6 Å². The van der Waals surface area contributed by atoms with Crippen LogP contribution in [0.5, 0.6) is 0 Å². The van der Waals surface area contributed by atoms with Crippen molar-refractivity contribution in [1.82, 2.24) is 0 Å². The van der Waals surface area contributed by atoms with Gasteiger partial charge in [0.2, 0.25) is 0 Å². The highest BCUT2D eigenvalue weighted by molar-refractivity contribution is 5.69. The maximum atomic E-state index is 12.8. The Kier molecular flexibility index (Phi) is 41.4. The smallest absolute Gasteiger partial charge is 0.306 e. The van der Waals surface area contributed by atoms with Crippen molar-refractivity contribution < 1.29 is 44.2 Å². The van der Waals surface area contributed by atoms with Gasteiger partial charge in [0, 0.05) is 13.0 Å². The molecule has 9 nitrogen and oxygen atoms in total. The lowest BCUT2D eigenvalue weighted by Gasteiger charge is -2.39. The molecule has 1 aliphatic heterocycles. The molecule has 60 heavy (non-hydrogen) atoms. The van der Waals surface area contributed by atoms with Gasteiger partial charge in [-0.3, -0.25) is 4.79 Å². The molecule has 0 aromatic heterocycles. The lowest BCUT2D eigenvalue weighted by molar-refractivity contribution is -0.305. The van der Waals surface area contributed by atoms with E-state index < -0.39 is 43.4 Å². The number of aliphatic hydroxyl groups is 4. The van der Waals surface area contributed by atoms with Crippen LogP contribution in [-0.2, 0) is 23.7 Å². The average molecular weight is 857 g/mol. The number of hydrogen-bond acceptors (Lipinski definition) is 9. The van der Waals surface area contributed by atoms with Crippen molar-refractivity contribution >= 4 is 5.97 Å². The molecule has 0 aromatic carbocycles. The topological polar surface area (TPSA) is 135 Å². The Balaban J connectivity index is 2.13. The predicted octanol–water partition coefficient (Wildman–Crippen LogP) is 12.6. The van der Waals surface area contributed by atoms with Crippen molar-refractivity contribution in [2.24, 2.45) is 0 Å². The summed E-state index contributed by atoms with van der Waals surface area (Å²) >= 11 is 0. The second-order valence-electron chi connectivity index (χ2n) is 18.3. The first-order valence-corrected chi connectivity index (χ1v) is 26.1. The molecule has 1 aliphatic rings. The highest BCUT2D eigenvalue weighted by Crippen LogP contribution is 2.23. The largest absolute Gasteiger partial charge is 0.457 e. The van der Waals surface area contributed by atoms with Crippen LogP contribution < -0.4 is 0 Å². The van der Waals surface area contributed by atoms with Gasteiger partial charge < -0.3 is 39.4 Å². The van der Waals surface area contributed by atoms with Gasteiger partial charge in [0.05, 0.1) is 19.8 Å². The summed E-state index contributed by atoms with van der Waals surface area (Å²) in [5.74, 6) is -0.307. The minimum absolute atomic E-state index is 0.105. The van der Waals surface area contributed by atoms with E-state index in [0.29, 0.717) is 13.0 Å². The fourth-order valence-corrected chi connectivity index (χ4v) is 8.44. The summed E-state index contributed by atoms with van der Waals surface area (Å²) in [6, 6.07) is 0. The number of unbranched alkanes of at least 4 members (excludes halogenated alkanes) is 35. The molecule has 1 heterocycles. The highest BCUT2D eigenvalue weighted by Gasteiger charge is 2.44. The Labute approximate surface area is 370 Å². The molecule has 0 saturated carbocycles. The van der Waals surface area contributed by atoms with Gasteiger partial charge >= 0.3 is 5.97 Å². The van der Waals surface area contributed by atoms with E-state index in [1.54, 1.807) is 0 Å². The van der Waals surface area contributed by atoms with Gasteiger partial charge in [0.25, 0.3) is 0 Å².